The molecule has 2 fully saturated rings. The van der Waals surface area contributed by atoms with Gasteiger partial charge in [0, 0.05) is 31.9 Å². The van der Waals surface area contributed by atoms with Gasteiger partial charge in [0.15, 0.2) is 5.92 Å². The Morgan fingerprint density at radius 1 is 1.04 bits per heavy atom. The summed E-state index contributed by atoms with van der Waals surface area (Å²) < 4.78 is 0. The predicted molar refractivity (Wildman–Crippen MR) is 101 cm³/mol. The zero-order chi connectivity index (χ0) is 18.0. The van der Waals surface area contributed by atoms with Crippen LogP contribution < -0.4 is 10.2 Å². The van der Waals surface area contributed by atoms with E-state index in [1.165, 1.54) is 12.1 Å². The average Bonchev–Trinajstić information content (AvgIpc) is 2.69. The van der Waals surface area contributed by atoms with Crippen molar-refractivity contribution < 1.29 is 4.79 Å². The molecule has 4 rings (SSSR count). The first-order valence-electron chi connectivity index (χ1n) is 9.57. The van der Waals surface area contributed by atoms with Gasteiger partial charge in [-0.3, -0.25) is 10.1 Å². The lowest BCUT2D eigenvalue weighted by molar-refractivity contribution is -0.125. The van der Waals surface area contributed by atoms with Gasteiger partial charge in [0.05, 0.1) is 11.6 Å². The second kappa shape index (κ2) is 6.99. The van der Waals surface area contributed by atoms with Crippen molar-refractivity contribution in [2.45, 2.75) is 37.6 Å². The Hall–Kier alpha value is -2.55. The fraction of sp³-hybridized carbons (Fsp3) is 0.550. The largest absolute Gasteiger partial charge is 0.368 e. The van der Waals surface area contributed by atoms with Crippen molar-refractivity contribution in [3.05, 3.63) is 30.3 Å². The molecule has 1 aromatic rings. The maximum absolute atomic E-state index is 12.6. The molecule has 1 aromatic carbocycles. The van der Waals surface area contributed by atoms with Crippen molar-refractivity contribution in [2.75, 3.05) is 31.1 Å². The number of nitrogens with one attached hydrogen (secondary N) is 1. The highest BCUT2D eigenvalue weighted by Gasteiger charge is 2.48. The maximum Gasteiger partial charge on any atom is 0.246 e. The predicted octanol–water partition coefficient (Wildman–Crippen LogP) is 2.14. The lowest BCUT2D eigenvalue weighted by atomic mass is 9.72. The second-order valence-corrected chi connectivity index (χ2v) is 7.46. The Labute approximate surface area is 154 Å². The molecule has 3 aliphatic rings. The molecule has 0 radical (unpaired) electrons. The summed E-state index contributed by atoms with van der Waals surface area (Å²) in [5.41, 5.74) is 0.719. The highest BCUT2D eigenvalue weighted by atomic mass is 16.2. The van der Waals surface area contributed by atoms with E-state index in [4.69, 9.17) is 4.99 Å². The first-order chi connectivity index (χ1) is 12.7. The van der Waals surface area contributed by atoms with Crippen LogP contribution in [0, 0.1) is 17.2 Å². The number of rotatable bonds is 1. The highest BCUT2D eigenvalue weighted by Crippen LogP contribution is 2.40. The van der Waals surface area contributed by atoms with Gasteiger partial charge in [0.1, 0.15) is 0 Å². The molecule has 1 spiro atoms. The molecule has 1 saturated carbocycles. The lowest BCUT2D eigenvalue weighted by Gasteiger charge is -2.44. The van der Waals surface area contributed by atoms with E-state index in [0.29, 0.717) is 5.96 Å². The van der Waals surface area contributed by atoms with Crippen LogP contribution >= 0.6 is 0 Å². The van der Waals surface area contributed by atoms with Crippen LogP contribution in [0.2, 0.25) is 0 Å². The monoisotopic (exact) mass is 351 g/mol. The number of hydrogen-bond donors (Lipinski definition) is 1. The number of anilines is 1. The molecule has 0 bridgehead atoms. The molecular weight excluding hydrogens is 326 g/mol. The van der Waals surface area contributed by atoms with Gasteiger partial charge in [-0.25, -0.2) is 4.99 Å². The smallest absolute Gasteiger partial charge is 0.246 e. The lowest BCUT2D eigenvalue weighted by Crippen LogP contribution is -2.60. The number of para-hydroxylation sites is 1. The van der Waals surface area contributed by atoms with E-state index >= 15 is 0 Å². The van der Waals surface area contributed by atoms with Crippen LogP contribution in [-0.2, 0) is 4.79 Å². The molecule has 2 heterocycles. The third-order valence-electron chi connectivity index (χ3n) is 5.91. The third-order valence-corrected chi connectivity index (χ3v) is 5.91. The number of amides is 1. The number of carbonyl (C=O) groups excluding carboxylic acids is 1. The standard InChI is InChI=1S/C20H25N5O/c21-15-17-18(26)22-19(23-20(17)9-5-2-6-10-20)25-13-11-24(12-14-25)16-7-3-1-4-8-16/h1,3-4,7-8,17H,2,5-6,9-14H2,(H,22,23,26)/t17-/m1/s1. The highest BCUT2D eigenvalue weighted by molar-refractivity contribution is 6.02. The molecule has 136 valence electrons. The Morgan fingerprint density at radius 3 is 2.35 bits per heavy atom. The van der Waals surface area contributed by atoms with Crippen molar-refractivity contribution in [3.8, 4) is 6.07 Å². The molecule has 0 aromatic heterocycles. The van der Waals surface area contributed by atoms with Crippen molar-refractivity contribution in [3.63, 3.8) is 0 Å². The van der Waals surface area contributed by atoms with Crippen LogP contribution in [0.25, 0.3) is 0 Å². The number of aliphatic imine (C=N–C) groups is 1. The van der Waals surface area contributed by atoms with E-state index in [1.54, 1.807) is 0 Å². The van der Waals surface area contributed by atoms with Crippen molar-refractivity contribution in [1.29, 1.82) is 5.26 Å². The van der Waals surface area contributed by atoms with E-state index in [1.807, 2.05) is 6.07 Å². The fourth-order valence-corrected chi connectivity index (χ4v) is 4.44. The summed E-state index contributed by atoms with van der Waals surface area (Å²) in [7, 11) is 0. The van der Waals surface area contributed by atoms with E-state index in [-0.39, 0.29) is 5.91 Å². The Balaban J connectivity index is 1.51. The molecule has 1 amide bonds. The van der Waals surface area contributed by atoms with Gasteiger partial charge in [-0.2, -0.15) is 5.26 Å². The number of nitrogens with zero attached hydrogens (tertiary/aromatic N) is 4. The Kier molecular flexibility index (Phi) is 4.54. The molecule has 1 atom stereocenters. The second-order valence-electron chi connectivity index (χ2n) is 7.46. The van der Waals surface area contributed by atoms with Gasteiger partial charge in [0.2, 0.25) is 11.9 Å². The normalized spacial score (nSPS) is 25.4. The van der Waals surface area contributed by atoms with Crippen LogP contribution in [0.5, 0.6) is 0 Å². The summed E-state index contributed by atoms with van der Waals surface area (Å²) >= 11 is 0. The summed E-state index contributed by atoms with van der Waals surface area (Å²) in [6.45, 7) is 3.43. The van der Waals surface area contributed by atoms with Crippen molar-refractivity contribution in [2.24, 2.45) is 10.9 Å². The van der Waals surface area contributed by atoms with Gasteiger partial charge in [-0.15, -0.1) is 0 Å². The van der Waals surface area contributed by atoms with Gasteiger partial charge in [0.25, 0.3) is 0 Å². The first kappa shape index (κ1) is 16.9. The molecule has 0 unspecified atom stereocenters. The summed E-state index contributed by atoms with van der Waals surface area (Å²) in [5.74, 6) is -0.154. The van der Waals surface area contributed by atoms with E-state index < -0.39 is 11.5 Å². The van der Waals surface area contributed by atoms with Gasteiger partial charge in [-0.1, -0.05) is 37.5 Å². The zero-order valence-electron chi connectivity index (χ0n) is 15.0. The maximum atomic E-state index is 12.6. The molecule has 6 nitrogen and oxygen atoms in total. The zero-order valence-corrected chi connectivity index (χ0v) is 15.0. The van der Waals surface area contributed by atoms with Crippen molar-refractivity contribution in [1.82, 2.24) is 10.2 Å². The minimum Gasteiger partial charge on any atom is -0.368 e. The van der Waals surface area contributed by atoms with Gasteiger partial charge >= 0.3 is 0 Å². The van der Waals surface area contributed by atoms with Crippen LogP contribution in [-0.4, -0.2) is 48.5 Å². The van der Waals surface area contributed by atoms with Crippen LogP contribution in [0.4, 0.5) is 5.69 Å². The molecule has 1 N–H and O–H groups in total. The van der Waals surface area contributed by atoms with Crippen LogP contribution in [0.15, 0.2) is 35.3 Å². The molecule has 1 aliphatic carbocycles. The number of hydrogen-bond acceptors (Lipinski definition) is 5. The number of carbonyl (C=O) groups is 1. The topological polar surface area (TPSA) is 71.7 Å². The number of benzene rings is 1. The molecule has 1 saturated heterocycles. The van der Waals surface area contributed by atoms with Gasteiger partial charge < -0.3 is 9.80 Å². The number of guanidine groups is 1. The van der Waals surface area contributed by atoms with Gasteiger partial charge in [-0.05, 0) is 25.0 Å². The number of piperazine rings is 1. The minimum atomic E-state index is -0.655. The van der Waals surface area contributed by atoms with E-state index in [0.717, 1.165) is 51.9 Å². The minimum absolute atomic E-state index is 0.176. The summed E-state index contributed by atoms with van der Waals surface area (Å²) in [6.07, 6.45) is 4.94. The average molecular weight is 351 g/mol. The van der Waals surface area contributed by atoms with E-state index in [2.05, 4.69) is 45.5 Å². The fourth-order valence-electron chi connectivity index (χ4n) is 4.44. The summed E-state index contributed by atoms with van der Waals surface area (Å²) in [5, 5.41) is 12.4. The quantitative estimate of drug-likeness (QED) is 0.841. The van der Waals surface area contributed by atoms with Crippen LogP contribution in [0.1, 0.15) is 32.1 Å². The molecular formula is C20H25N5O. The SMILES string of the molecule is N#C[C@@H]1C(=O)NC(N2CCN(c3ccccc3)CC2)=NC12CCCCC2. The van der Waals surface area contributed by atoms with E-state index in [9.17, 15) is 10.1 Å². The Bertz CT molecular complexity index is 724. The Morgan fingerprint density at radius 2 is 1.69 bits per heavy atom. The summed E-state index contributed by atoms with van der Waals surface area (Å²) in [4.78, 5) is 22.1. The molecule has 26 heavy (non-hydrogen) atoms. The van der Waals surface area contributed by atoms with Crippen LogP contribution in [0.3, 0.4) is 0 Å². The molecule has 2 aliphatic heterocycles. The van der Waals surface area contributed by atoms with Crippen molar-refractivity contribution >= 4 is 17.6 Å². The molecule has 6 heteroatoms. The third kappa shape index (κ3) is 3.03. The first-order valence-corrected chi connectivity index (χ1v) is 9.57. The number of nitriles is 1. The summed E-state index contributed by atoms with van der Waals surface area (Å²) in [6, 6.07) is 12.6.